The van der Waals surface area contributed by atoms with Crippen LogP contribution in [-0.2, 0) is 14.9 Å². The number of hydrogen-bond acceptors (Lipinski definition) is 10. The summed E-state index contributed by atoms with van der Waals surface area (Å²) >= 11 is 0. The monoisotopic (exact) mass is 1320 g/mol. The largest absolute Gasteiger partial charge is 0.491 e. The van der Waals surface area contributed by atoms with Crippen molar-refractivity contribution < 1.29 is 47.6 Å². The fourth-order valence-electron chi connectivity index (χ4n) is 14.1. The number of methoxy groups -OCH3 is 1. The number of fused-ring (bicyclic) bond motifs is 8. The molecule has 0 heterocycles. The summed E-state index contributed by atoms with van der Waals surface area (Å²) in [5.41, 5.74) is 12.9. The zero-order valence-electron chi connectivity index (χ0n) is 55.3. The second-order valence-corrected chi connectivity index (χ2v) is 25.3. The third-order valence-electron chi connectivity index (χ3n) is 19.2. The Morgan fingerprint density at radius 1 is 0.297 bits per heavy atom. The van der Waals surface area contributed by atoms with Crippen LogP contribution in [0.25, 0.3) is 98.4 Å². The van der Waals surface area contributed by atoms with Crippen LogP contribution in [0, 0.1) is 0 Å². The van der Waals surface area contributed by atoms with Gasteiger partial charge in [0.15, 0.2) is 5.78 Å². The van der Waals surface area contributed by atoms with E-state index in [4.69, 9.17) is 28.4 Å². The topological polar surface area (TPSA) is 124 Å². The van der Waals surface area contributed by atoms with Crippen molar-refractivity contribution in [1.29, 1.82) is 0 Å². The summed E-state index contributed by atoms with van der Waals surface area (Å²) in [6.45, 7) is 2.25. The molecule has 1 unspecified atom stereocenters. The van der Waals surface area contributed by atoms with Gasteiger partial charge in [0.25, 0.3) is 0 Å². The Kier molecular flexibility index (Phi) is 16.8. The average molecular weight is 1320 g/mol. The third kappa shape index (κ3) is 12.3. The quantitative estimate of drug-likeness (QED) is 0.0335. The Morgan fingerprint density at radius 2 is 0.683 bits per heavy atom. The minimum atomic E-state index is -0.823. The van der Waals surface area contributed by atoms with Gasteiger partial charge in [-0.2, -0.15) is 0 Å². The Morgan fingerprint density at radius 3 is 1.20 bits per heavy atom. The standard InChI is InChI=1S/C91H64O10/c1-57(92)58-19-24-63(25-20-58)89(94)100-78-40-35-69-50-76(38-33-71(69)52-78)91(84-18-10-9-17-80(84)81-42-37-73(54-85(81)91)68-30-21-59-11-3-6-14-65(59)47-68)77-39-34-72-53-79(41-36-70(72)51-77)101-90(95)64-28-26-62(27-29-64)88(93)99-46-45-98-87-56-82(74-31-22-60-12-4-7-15-66(60)48-74)86(97-44-43-96-2)55-83(87)75-32-23-61-13-5-8-16-67(61)49-75/h3-42,47-56H,43-46H2,1-2H3. The fourth-order valence-corrected chi connectivity index (χ4v) is 14.1. The van der Waals surface area contributed by atoms with Crippen molar-refractivity contribution in [3.05, 3.63) is 348 Å². The molecule has 101 heavy (non-hydrogen) atoms. The van der Waals surface area contributed by atoms with Gasteiger partial charge in [0.2, 0.25) is 0 Å². The van der Waals surface area contributed by atoms with E-state index in [2.05, 4.69) is 182 Å². The van der Waals surface area contributed by atoms with E-state index in [9.17, 15) is 19.2 Å². The molecular weight excluding hydrogens is 1250 g/mol. The van der Waals surface area contributed by atoms with Crippen LogP contribution >= 0.6 is 0 Å². The second-order valence-electron chi connectivity index (χ2n) is 25.3. The van der Waals surface area contributed by atoms with Crippen LogP contribution in [0.4, 0.5) is 0 Å². The number of esters is 3. The molecular formula is C91H64O10. The highest BCUT2D eigenvalue weighted by atomic mass is 16.6. The number of ketones is 1. The number of rotatable bonds is 19. The molecule has 0 amide bonds. The number of Topliss-reactive ketones (excluding diaryl/α,β-unsaturated/α-hetero) is 1. The Bertz CT molecular complexity index is 5800. The van der Waals surface area contributed by atoms with Crippen molar-refractivity contribution in [1.82, 2.24) is 0 Å². The molecule has 0 radical (unpaired) electrons. The zero-order chi connectivity index (χ0) is 68.6. The highest BCUT2D eigenvalue weighted by Crippen LogP contribution is 2.58. The molecule has 488 valence electrons. The Hall–Kier alpha value is -12.8. The van der Waals surface area contributed by atoms with Crippen molar-refractivity contribution >= 4 is 77.6 Å². The lowest BCUT2D eigenvalue weighted by molar-refractivity contribution is 0.0449. The summed E-state index contributed by atoms with van der Waals surface area (Å²) in [5.74, 6) is 0.266. The molecule has 0 aliphatic heterocycles. The van der Waals surface area contributed by atoms with Crippen molar-refractivity contribution in [2.75, 3.05) is 33.5 Å². The summed E-state index contributed by atoms with van der Waals surface area (Å²) in [6, 6.07) is 101. The van der Waals surface area contributed by atoms with Crippen LogP contribution in [-0.4, -0.2) is 57.2 Å². The molecule has 0 bridgehead atoms. The maximum atomic E-state index is 13.9. The molecule has 1 aliphatic rings. The van der Waals surface area contributed by atoms with E-state index < -0.39 is 23.3 Å². The molecule has 10 heteroatoms. The van der Waals surface area contributed by atoms with Gasteiger partial charge in [-0.3, -0.25) is 4.79 Å². The van der Waals surface area contributed by atoms with Crippen LogP contribution in [0.15, 0.2) is 303 Å². The third-order valence-corrected chi connectivity index (χ3v) is 19.2. The molecule has 0 saturated carbocycles. The smallest absolute Gasteiger partial charge is 0.343 e. The number of benzene rings is 15. The SMILES string of the molecule is COCCOc1cc(-c2ccc3ccccc3c2)c(OCCOC(=O)c2ccc(C(=O)Oc3ccc4cc(C5(c6ccc7cc(OC(=O)c8ccc(C(C)=O)cc8)ccc7c6)c6ccccc6-c6ccc(-c7ccc8ccccc8c7)cc65)ccc4c3)cc2)cc1-c1ccc2ccccc2c1. The summed E-state index contributed by atoms with van der Waals surface area (Å²) < 4.78 is 36.1. The van der Waals surface area contributed by atoms with Crippen LogP contribution in [0.2, 0.25) is 0 Å². The molecule has 16 rings (SSSR count). The average Bonchev–Trinajstić information content (AvgIpc) is 1.55. The summed E-state index contributed by atoms with van der Waals surface area (Å²) in [5, 5.41) is 10.4. The van der Waals surface area contributed by atoms with Gasteiger partial charge >= 0.3 is 17.9 Å². The van der Waals surface area contributed by atoms with E-state index in [0.717, 1.165) is 115 Å². The first-order chi connectivity index (χ1) is 49.5. The van der Waals surface area contributed by atoms with Crippen molar-refractivity contribution in [2.24, 2.45) is 0 Å². The van der Waals surface area contributed by atoms with E-state index in [1.165, 1.54) is 12.3 Å². The van der Waals surface area contributed by atoms with Gasteiger partial charge in [-0.1, -0.05) is 194 Å². The molecule has 0 aromatic heterocycles. The van der Waals surface area contributed by atoms with Gasteiger partial charge in [0.05, 0.1) is 28.7 Å². The second kappa shape index (κ2) is 26.9. The Balaban J connectivity index is 0.654. The van der Waals surface area contributed by atoms with Gasteiger partial charge < -0.3 is 28.4 Å². The van der Waals surface area contributed by atoms with Crippen molar-refractivity contribution in [3.63, 3.8) is 0 Å². The lowest BCUT2D eigenvalue weighted by Crippen LogP contribution is -2.28. The number of ether oxygens (including phenoxy) is 6. The minimum absolute atomic E-state index is 0.0515. The van der Waals surface area contributed by atoms with Crippen LogP contribution in [0.3, 0.4) is 0 Å². The highest BCUT2D eigenvalue weighted by molar-refractivity contribution is 6.00. The number of carbonyl (C=O) groups excluding carboxylic acids is 4. The lowest BCUT2D eigenvalue weighted by Gasteiger charge is -2.34. The van der Waals surface area contributed by atoms with E-state index >= 15 is 0 Å². The lowest BCUT2D eigenvalue weighted by atomic mass is 9.67. The molecule has 0 spiro atoms. The maximum Gasteiger partial charge on any atom is 0.343 e. The summed E-state index contributed by atoms with van der Waals surface area (Å²) in [7, 11) is 1.65. The van der Waals surface area contributed by atoms with Crippen LogP contribution in [0.5, 0.6) is 23.0 Å². The summed E-state index contributed by atoms with van der Waals surface area (Å²) in [4.78, 5) is 52.9. The van der Waals surface area contributed by atoms with Crippen molar-refractivity contribution in [3.8, 4) is 67.5 Å². The maximum absolute atomic E-state index is 13.9. The van der Waals surface area contributed by atoms with E-state index in [1.54, 1.807) is 61.7 Å². The Labute approximate surface area is 583 Å². The molecule has 15 aromatic rings. The molecule has 0 N–H and O–H groups in total. The van der Waals surface area contributed by atoms with Crippen LogP contribution < -0.4 is 18.9 Å². The van der Waals surface area contributed by atoms with Crippen molar-refractivity contribution in [2.45, 2.75) is 12.3 Å². The first kappa shape index (κ1) is 63.0. The van der Waals surface area contributed by atoms with E-state index in [-0.39, 0.29) is 30.1 Å². The number of carbonyl (C=O) groups is 4. The molecule has 0 fully saturated rings. The van der Waals surface area contributed by atoms with Gasteiger partial charge in [-0.05, 0) is 226 Å². The molecule has 1 aliphatic carbocycles. The minimum Gasteiger partial charge on any atom is -0.491 e. The van der Waals surface area contributed by atoms with E-state index in [0.29, 0.717) is 47.3 Å². The van der Waals surface area contributed by atoms with Gasteiger partial charge in [0.1, 0.15) is 42.8 Å². The van der Waals surface area contributed by atoms with Gasteiger partial charge in [-0.25, -0.2) is 14.4 Å². The highest BCUT2D eigenvalue weighted by Gasteiger charge is 2.46. The van der Waals surface area contributed by atoms with Crippen LogP contribution in [0.1, 0.15) is 70.6 Å². The normalized spacial score (nSPS) is 13.0. The zero-order valence-corrected chi connectivity index (χ0v) is 55.3. The first-order valence-electron chi connectivity index (χ1n) is 33.6. The predicted octanol–water partition coefficient (Wildman–Crippen LogP) is 20.7. The molecule has 1 atom stereocenters. The molecule has 10 nitrogen and oxygen atoms in total. The number of hydrogen-bond donors (Lipinski definition) is 0. The van der Waals surface area contributed by atoms with E-state index in [1.807, 2.05) is 66.7 Å². The first-order valence-corrected chi connectivity index (χ1v) is 33.6. The molecule has 0 saturated heterocycles. The predicted molar refractivity (Wildman–Crippen MR) is 400 cm³/mol. The fraction of sp³-hybridized carbons (Fsp3) is 0.0769. The summed E-state index contributed by atoms with van der Waals surface area (Å²) in [6.07, 6.45) is 0. The molecule has 15 aromatic carbocycles. The van der Waals surface area contributed by atoms with Gasteiger partial charge in [-0.15, -0.1) is 0 Å². The van der Waals surface area contributed by atoms with Gasteiger partial charge in [0, 0.05) is 23.8 Å².